The molecule has 2 aliphatic heterocycles. The minimum Gasteiger partial charge on any atom is -0.546 e. The first-order valence-electron chi connectivity index (χ1n) is 11.6. The van der Waals surface area contributed by atoms with E-state index in [-0.39, 0.29) is 22.2 Å². The van der Waals surface area contributed by atoms with Gasteiger partial charge in [-0.2, -0.15) is 0 Å². The molecule has 1 amide bonds. The van der Waals surface area contributed by atoms with Crippen molar-refractivity contribution in [1.29, 1.82) is 0 Å². The standard InChI is InChI=1S/C23H43NO4Si2/c1-21(2,3)29(7,8)26-16-23-14-13-18(28-30(9,10)22(4,5)6)17-12-11-15-24(19(17)23)20(25)27-23/h19H,11-16H2,1-10H3/t19-,23-/m1/s1. The number of amides is 1. The van der Waals surface area contributed by atoms with Crippen molar-refractivity contribution in [3.8, 4) is 0 Å². The normalized spacial score (nSPS) is 27.9. The molecule has 0 N–H and O–H groups in total. The molecule has 3 aliphatic rings. The highest BCUT2D eigenvalue weighted by Crippen LogP contribution is 2.50. The SMILES string of the molecule is CC(C)(C)[Si](C)(C)OC[C@@]12CCC(O[Si](C)(C)C(C)(C)C)=C3CCCN(C(=O)O1)[C@H]32. The average Bonchev–Trinajstić information content (AvgIpc) is 2.88. The second kappa shape index (κ2) is 7.37. The van der Waals surface area contributed by atoms with Gasteiger partial charge in [-0.25, -0.2) is 4.79 Å². The predicted molar refractivity (Wildman–Crippen MR) is 127 cm³/mol. The Labute approximate surface area is 185 Å². The summed E-state index contributed by atoms with van der Waals surface area (Å²) in [5, 5.41) is 0.277. The number of carbonyl (C=O) groups is 1. The zero-order valence-corrected chi connectivity index (χ0v) is 22.9. The van der Waals surface area contributed by atoms with E-state index < -0.39 is 22.2 Å². The fourth-order valence-corrected chi connectivity index (χ4v) is 6.42. The molecular formula is C23H43NO4Si2. The van der Waals surface area contributed by atoms with E-state index >= 15 is 0 Å². The summed E-state index contributed by atoms with van der Waals surface area (Å²) < 4.78 is 19.6. The first kappa shape index (κ1) is 23.9. The largest absolute Gasteiger partial charge is 0.546 e. The van der Waals surface area contributed by atoms with Crippen LogP contribution in [0.15, 0.2) is 11.3 Å². The molecule has 2 heterocycles. The lowest BCUT2D eigenvalue weighted by Crippen LogP contribution is -2.56. The Morgan fingerprint density at radius 1 is 1.03 bits per heavy atom. The molecule has 2 atom stereocenters. The van der Waals surface area contributed by atoms with Crippen LogP contribution in [-0.4, -0.2) is 52.4 Å². The average molecular weight is 454 g/mol. The van der Waals surface area contributed by atoms with E-state index in [0.717, 1.165) is 38.0 Å². The van der Waals surface area contributed by atoms with Crippen molar-refractivity contribution in [2.45, 2.75) is 115 Å². The zero-order chi connectivity index (χ0) is 22.8. The molecule has 0 unspecified atom stereocenters. The lowest BCUT2D eigenvalue weighted by molar-refractivity contribution is -0.0200. The summed E-state index contributed by atoms with van der Waals surface area (Å²) >= 11 is 0. The fourth-order valence-electron chi connectivity index (χ4n) is 4.22. The summed E-state index contributed by atoms with van der Waals surface area (Å²) in [6, 6.07) is -0.0305. The molecule has 5 nitrogen and oxygen atoms in total. The van der Waals surface area contributed by atoms with Crippen molar-refractivity contribution in [3.05, 3.63) is 11.3 Å². The maximum Gasteiger partial charge on any atom is 0.411 e. The Morgan fingerprint density at radius 3 is 2.20 bits per heavy atom. The van der Waals surface area contributed by atoms with Gasteiger partial charge in [-0.15, -0.1) is 0 Å². The molecule has 0 radical (unpaired) electrons. The van der Waals surface area contributed by atoms with Crippen molar-refractivity contribution in [2.75, 3.05) is 13.2 Å². The van der Waals surface area contributed by atoms with Crippen LogP contribution < -0.4 is 0 Å². The minimum atomic E-state index is -1.94. The maximum atomic E-state index is 12.8. The Hall–Kier alpha value is -0.796. The first-order valence-corrected chi connectivity index (χ1v) is 17.4. The highest BCUT2D eigenvalue weighted by atomic mass is 28.4. The minimum absolute atomic E-state index is 0.0305. The lowest BCUT2D eigenvalue weighted by Gasteiger charge is -2.47. The van der Waals surface area contributed by atoms with Crippen LogP contribution in [0.2, 0.25) is 36.3 Å². The maximum absolute atomic E-state index is 12.8. The Morgan fingerprint density at radius 2 is 1.63 bits per heavy atom. The van der Waals surface area contributed by atoms with Crippen LogP contribution in [-0.2, 0) is 13.6 Å². The van der Waals surface area contributed by atoms with Gasteiger partial charge in [0.05, 0.1) is 12.4 Å². The number of allylic oxidation sites excluding steroid dienone is 1. The van der Waals surface area contributed by atoms with Gasteiger partial charge in [-0.05, 0) is 61.1 Å². The molecule has 30 heavy (non-hydrogen) atoms. The Bertz CT molecular complexity index is 732. The fraction of sp³-hybridized carbons (Fsp3) is 0.870. The number of nitrogens with zero attached hydrogens (tertiary/aromatic N) is 1. The second-order valence-electron chi connectivity index (χ2n) is 12.5. The lowest BCUT2D eigenvalue weighted by atomic mass is 9.76. The number of ether oxygens (including phenoxy) is 1. The van der Waals surface area contributed by atoms with E-state index in [2.05, 4.69) is 67.7 Å². The molecule has 0 aromatic rings. The Balaban J connectivity index is 1.93. The third kappa shape index (κ3) is 4.02. The van der Waals surface area contributed by atoms with E-state index in [4.69, 9.17) is 13.6 Å². The van der Waals surface area contributed by atoms with E-state index in [1.807, 2.05) is 4.90 Å². The van der Waals surface area contributed by atoms with Crippen molar-refractivity contribution in [1.82, 2.24) is 4.90 Å². The smallest absolute Gasteiger partial charge is 0.411 e. The molecule has 0 aromatic heterocycles. The van der Waals surface area contributed by atoms with Crippen LogP contribution in [0.1, 0.15) is 67.2 Å². The Kier molecular flexibility index (Phi) is 5.86. The van der Waals surface area contributed by atoms with Crippen molar-refractivity contribution >= 4 is 22.7 Å². The molecule has 0 bridgehead atoms. The van der Waals surface area contributed by atoms with Crippen LogP contribution in [0.25, 0.3) is 0 Å². The zero-order valence-electron chi connectivity index (χ0n) is 20.9. The quantitative estimate of drug-likeness (QED) is 0.450. The van der Waals surface area contributed by atoms with Crippen molar-refractivity contribution < 1.29 is 18.4 Å². The summed E-state index contributed by atoms with van der Waals surface area (Å²) in [7, 11) is -3.88. The molecule has 172 valence electrons. The van der Waals surface area contributed by atoms with Gasteiger partial charge in [-0.1, -0.05) is 41.5 Å². The molecule has 3 rings (SSSR count). The van der Waals surface area contributed by atoms with E-state index in [0.29, 0.717) is 6.61 Å². The van der Waals surface area contributed by atoms with Gasteiger partial charge in [0.2, 0.25) is 8.32 Å². The van der Waals surface area contributed by atoms with Gasteiger partial charge >= 0.3 is 6.09 Å². The van der Waals surface area contributed by atoms with Gasteiger partial charge in [0.25, 0.3) is 0 Å². The van der Waals surface area contributed by atoms with Crippen molar-refractivity contribution in [2.24, 2.45) is 0 Å². The van der Waals surface area contributed by atoms with Crippen LogP contribution in [0.5, 0.6) is 0 Å². The number of piperidine rings is 1. The summed E-state index contributed by atoms with van der Waals surface area (Å²) in [5.41, 5.74) is 0.727. The monoisotopic (exact) mass is 453 g/mol. The molecule has 1 aliphatic carbocycles. The predicted octanol–water partition coefficient (Wildman–Crippen LogP) is 6.43. The molecule has 7 heteroatoms. The number of hydrogen-bond donors (Lipinski definition) is 0. The highest BCUT2D eigenvalue weighted by Gasteiger charge is 2.60. The van der Waals surface area contributed by atoms with Crippen LogP contribution in [0.3, 0.4) is 0 Å². The van der Waals surface area contributed by atoms with Crippen LogP contribution in [0, 0.1) is 0 Å². The van der Waals surface area contributed by atoms with Crippen molar-refractivity contribution in [3.63, 3.8) is 0 Å². The summed E-state index contributed by atoms with van der Waals surface area (Å²) in [4.78, 5) is 14.8. The summed E-state index contributed by atoms with van der Waals surface area (Å²) in [5.74, 6) is 1.14. The molecule has 2 fully saturated rings. The first-order chi connectivity index (χ1) is 13.5. The molecular weight excluding hydrogens is 410 g/mol. The second-order valence-corrected chi connectivity index (χ2v) is 22.0. The number of rotatable bonds is 5. The van der Waals surface area contributed by atoms with E-state index in [1.54, 1.807) is 0 Å². The third-order valence-electron chi connectivity index (χ3n) is 8.31. The number of carbonyl (C=O) groups excluding carboxylic acids is 1. The topological polar surface area (TPSA) is 48.0 Å². The van der Waals surface area contributed by atoms with Gasteiger partial charge < -0.3 is 13.6 Å². The van der Waals surface area contributed by atoms with E-state index in [9.17, 15) is 4.79 Å². The van der Waals surface area contributed by atoms with Crippen LogP contribution in [0.4, 0.5) is 4.79 Å². The van der Waals surface area contributed by atoms with Gasteiger partial charge in [0.1, 0.15) is 6.04 Å². The highest BCUT2D eigenvalue weighted by molar-refractivity contribution is 6.74. The van der Waals surface area contributed by atoms with Crippen LogP contribution >= 0.6 is 0 Å². The summed E-state index contributed by atoms with van der Waals surface area (Å²) in [6.07, 6.45) is 3.40. The molecule has 0 spiro atoms. The van der Waals surface area contributed by atoms with E-state index in [1.165, 1.54) is 5.57 Å². The molecule has 0 aromatic carbocycles. The molecule has 2 saturated heterocycles. The number of hydrogen-bond acceptors (Lipinski definition) is 4. The summed E-state index contributed by atoms with van der Waals surface area (Å²) in [6.45, 7) is 24.0. The molecule has 0 saturated carbocycles. The van der Waals surface area contributed by atoms with Gasteiger partial charge in [-0.3, -0.25) is 4.90 Å². The third-order valence-corrected chi connectivity index (χ3v) is 17.2. The van der Waals surface area contributed by atoms with Gasteiger partial charge in [0.15, 0.2) is 13.9 Å². The van der Waals surface area contributed by atoms with Gasteiger partial charge in [0, 0.05) is 13.0 Å².